The van der Waals surface area contributed by atoms with Gasteiger partial charge in [-0.3, -0.25) is 14.7 Å². The van der Waals surface area contributed by atoms with Crippen LogP contribution in [-0.2, 0) is 13.2 Å². The number of rotatable bonds is 7. The number of carbonyl (C=O) groups excluding carboxylic acids is 2. The second kappa shape index (κ2) is 7.86. The number of H-pyrrole nitrogens is 1. The van der Waals surface area contributed by atoms with Gasteiger partial charge in [-0.15, -0.1) is 0 Å². The minimum atomic E-state index is -0.245. The maximum absolute atomic E-state index is 12.5. The maximum Gasteiger partial charge on any atom is 0.274 e. The highest BCUT2D eigenvalue weighted by atomic mass is 16.5. The molecule has 0 spiro atoms. The number of aromatic nitrogens is 3. The van der Waals surface area contributed by atoms with E-state index < -0.39 is 0 Å². The third-order valence-electron chi connectivity index (χ3n) is 3.90. The van der Waals surface area contributed by atoms with Gasteiger partial charge in [0.25, 0.3) is 5.91 Å². The van der Waals surface area contributed by atoms with E-state index in [2.05, 4.69) is 15.4 Å². The Morgan fingerprint density at radius 2 is 2.07 bits per heavy atom. The summed E-state index contributed by atoms with van der Waals surface area (Å²) in [5.74, 6) is 0.903. The number of nitrogens with one attached hydrogen (secondary N) is 1. The third-order valence-corrected chi connectivity index (χ3v) is 3.90. The molecule has 27 heavy (non-hydrogen) atoms. The Morgan fingerprint density at radius 3 is 2.78 bits per heavy atom. The molecule has 0 saturated carbocycles. The zero-order valence-corrected chi connectivity index (χ0v) is 15.4. The predicted octanol–water partition coefficient (Wildman–Crippen LogP) is 2.76. The van der Waals surface area contributed by atoms with Crippen LogP contribution >= 0.6 is 0 Å². The number of benzene rings is 1. The Kier molecular flexibility index (Phi) is 5.35. The van der Waals surface area contributed by atoms with Crippen molar-refractivity contribution in [3.05, 3.63) is 64.8 Å². The highest BCUT2D eigenvalue weighted by Gasteiger charge is 2.17. The second-order valence-electron chi connectivity index (χ2n) is 6.25. The van der Waals surface area contributed by atoms with Crippen molar-refractivity contribution in [3.8, 4) is 5.75 Å². The van der Waals surface area contributed by atoms with Crippen LogP contribution in [0.1, 0.15) is 44.9 Å². The van der Waals surface area contributed by atoms with Gasteiger partial charge in [-0.25, -0.2) is 0 Å². The van der Waals surface area contributed by atoms with Crippen LogP contribution in [0.2, 0.25) is 0 Å². The number of Topliss-reactive ketones (excluding diaryl/α,β-unsaturated/α-hetero) is 1. The molecule has 1 N–H and O–H groups in total. The fourth-order valence-corrected chi connectivity index (χ4v) is 2.50. The standard InChI is InChI=1S/C19H20N4O4/c1-12-7-17(27-22-12)10-23(3)19(25)18-9-15(20-21-18)11-26-16-6-4-5-14(8-16)13(2)24/h4-9H,10-11H2,1-3H3,(H,20,21). The quantitative estimate of drug-likeness (QED) is 0.644. The first-order valence-electron chi connectivity index (χ1n) is 8.38. The molecule has 0 fully saturated rings. The molecule has 0 aliphatic heterocycles. The Labute approximate surface area is 156 Å². The molecule has 0 atom stereocenters. The van der Waals surface area contributed by atoms with E-state index in [0.29, 0.717) is 29.3 Å². The molecular formula is C19H20N4O4. The SMILES string of the molecule is CC(=O)c1cccc(OCc2cc(C(=O)N(C)Cc3cc(C)no3)n[nH]2)c1. The first kappa shape index (κ1) is 18.4. The van der Waals surface area contributed by atoms with Crippen LogP contribution in [0.15, 0.2) is 40.9 Å². The highest BCUT2D eigenvalue weighted by molar-refractivity contribution is 5.94. The van der Waals surface area contributed by atoms with Crippen molar-refractivity contribution in [3.63, 3.8) is 0 Å². The van der Waals surface area contributed by atoms with Crippen molar-refractivity contribution in [2.75, 3.05) is 7.05 Å². The fourth-order valence-electron chi connectivity index (χ4n) is 2.50. The van der Waals surface area contributed by atoms with E-state index in [9.17, 15) is 9.59 Å². The number of aromatic amines is 1. The smallest absolute Gasteiger partial charge is 0.274 e. The molecule has 140 valence electrons. The maximum atomic E-state index is 12.5. The van der Waals surface area contributed by atoms with Gasteiger partial charge >= 0.3 is 0 Å². The number of carbonyl (C=O) groups is 2. The fraction of sp³-hybridized carbons (Fsp3) is 0.263. The van der Waals surface area contributed by atoms with Gasteiger partial charge in [0.15, 0.2) is 17.2 Å². The molecule has 8 nitrogen and oxygen atoms in total. The van der Waals surface area contributed by atoms with Crippen LogP contribution in [0.25, 0.3) is 0 Å². The topological polar surface area (TPSA) is 101 Å². The molecule has 3 aromatic rings. The number of ether oxygens (including phenoxy) is 1. The van der Waals surface area contributed by atoms with Crippen molar-refractivity contribution < 1.29 is 18.8 Å². The minimum Gasteiger partial charge on any atom is -0.487 e. The lowest BCUT2D eigenvalue weighted by Crippen LogP contribution is -2.26. The zero-order chi connectivity index (χ0) is 19.4. The van der Waals surface area contributed by atoms with E-state index in [0.717, 1.165) is 5.69 Å². The summed E-state index contributed by atoms with van der Waals surface area (Å²) in [7, 11) is 1.66. The molecular weight excluding hydrogens is 348 g/mol. The monoisotopic (exact) mass is 368 g/mol. The van der Waals surface area contributed by atoms with E-state index >= 15 is 0 Å². The lowest BCUT2D eigenvalue weighted by molar-refractivity contribution is 0.0766. The Balaban J connectivity index is 1.59. The van der Waals surface area contributed by atoms with Crippen molar-refractivity contribution in [2.24, 2.45) is 0 Å². The lowest BCUT2D eigenvalue weighted by atomic mass is 10.1. The molecule has 2 aromatic heterocycles. The van der Waals surface area contributed by atoms with E-state index in [1.165, 1.54) is 11.8 Å². The molecule has 1 aromatic carbocycles. The number of nitrogens with zero attached hydrogens (tertiary/aromatic N) is 3. The molecule has 0 saturated heterocycles. The summed E-state index contributed by atoms with van der Waals surface area (Å²) in [6, 6.07) is 10.4. The largest absolute Gasteiger partial charge is 0.487 e. The van der Waals surface area contributed by atoms with Crippen molar-refractivity contribution >= 4 is 11.7 Å². The third kappa shape index (κ3) is 4.60. The predicted molar refractivity (Wildman–Crippen MR) is 96.4 cm³/mol. The molecule has 0 unspecified atom stereocenters. The van der Waals surface area contributed by atoms with Crippen LogP contribution in [-0.4, -0.2) is 39.0 Å². The van der Waals surface area contributed by atoms with Crippen LogP contribution in [0, 0.1) is 6.92 Å². The average Bonchev–Trinajstić information content (AvgIpc) is 3.28. The number of hydrogen-bond acceptors (Lipinski definition) is 6. The van der Waals surface area contributed by atoms with E-state index in [4.69, 9.17) is 9.26 Å². The Hall–Kier alpha value is -3.42. The summed E-state index contributed by atoms with van der Waals surface area (Å²) in [5.41, 5.74) is 2.27. The number of hydrogen-bond donors (Lipinski definition) is 1. The summed E-state index contributed by atoms with van der Waals surface area (Å²) < 4.78 is 10.8. The van der Waals surface area contributed by atoms with Crippen LogP contribution < -0.4 is 4.74 Å². The number of aryl methyl sites for hydroxylation is 1. The molecule has 0 bridgehead atoms. The molecule has 0 radical (unpaired) electrons. The van der Waals surface area contributed by atoms with Gasteiger partial charge in [0, 0.05) is 18.7 Å². The van der Waals surface area contributed by atoms with Gasteiger partial charge in [-0.2, -0.15) is 5.10 Å². The first-order chi connectivity index (χ1) is 12.9. The van der Waals surface area contributed by atoms with Gasteiger partial charge in [0.2, 0.25) is 0 Å². The van der Waals surface area contributed by atoms with Gasteiger partial charge < -0.3 is 14.2 Å². The van der Waals surface area contributed by atoms with Gasteiger partial charge in [0.1, 0.15) is 12.4 Å². The van der Waals surface area contributed by atoms with E-state index in [1.54, 1.807) is 43.4 Å². The van der Waals surface area contributed by atoms with Gasteiger partial charge in [0.05, 0.1) is 17.9 Å². The summed E-state index contributed by atoms with van der Waals surface area (Å²) in [6.45, 7) is 3.83. The Bertz CT molecular complexity index is 960. The van der Waals surface area contributed by atoms with Gasteiger partial charge in [-0.1, -0.05) is 17.3 Å². The molecule has 8 heteroatoms. The van der Waals surface area contributed by atoms with Crippen LogP contribution in [0.4, 0.5) is 0 Å². The van der Waals surface area contributed by atoms with E-state index in [1.807, 2.05) is 6.92 Å². The highest BCUT2D eigenvalue weighted by Crippen LogP contribution is 2.16. The van der Waals surface area contributed by atoms with Crippen LogP contribution in [0.3, 0.4) is 0 Å². The van der Waals surface area contributed by atoms with Crippen molar-refractivity contribution in [2.45, 2.75) is 27.0 Å². The van der Waals surface area contributed by atoms with Crippen molar-refractivity contribution in [1.82, 2.24) is 20.3 Å². The Morgan fingerprint density at radius 1 is 1.26 bits per heavy atom. The second-order valence-corrected chi connectivity index (χ2v) is 6.25. The zero-order valence-electron chi connectivity index (χ0n) is 15.4. The van der Waals surface area contributed by atoms with E-state index in [-0.39, 0.29) is 24.0 Å². The molecule has 2 heterocycles. The summed E-state index contributed by atoms with van der Waals surface area (Å²) in [5, 5.41) is 10.6. The number of amides is 1. The minimum absolute atomic E-state index is 0.0279. The summed E-state index contributed by atoms with van der Waals surface area (Å²) >= 11 is 0. The molecule has 1 amide bonds. The first-order valence-corrected chi connectivity index (χ1v) is 8.38. The molecule has 0 aliphatic rings. The lowest BCUT2D eigenvalue weighted by Gasteiger charge is -2.13. The molecule has 0 aliphatic carbocycles. The normalized spacial score (nSPS) is 10.6. The average molecular weight is 368 g/mol. The van der Waals surface area contributed by atoms with Gasteiger partial charge in [-0.05, 0) is 32.0 Å². The number of ketones is 1. The summed E-state index contributed by atoms with van der Waals surface area (Å²) in [4.78, 5) is 25.4. The van der Waals surface area contributed by atoms with Crippen molar-refractivity contribution in [1.29, 1.82) is 0 Å². The van der Waals surface area contributed by atoms with Crippen LogP contribution in [0.5, 0.6) is 5.75 Å². The molecule has 3 rings (SSSR count). The summed E-state index contributed by atoms with van der Waals surface area (Å²) in [6.07, 6.45) is 0.